The lowest BCUT2D eigenvalue weighted by molar-refractivity contribution is -0.133. The summed E-state index contributed by atoms with van der Waals surface area (Å²) in [4.78, 5) is 21.9. The Morgan fingerprint density at radius 1 is 1.12 bits per heavy atom. The van der Waals surface area contributed by atoms with E-state index in [9.17, 15) is 4.79 Å². The number of rotatable bonds is 10. The average molecular weight is 466 g/mol. The number of ether oxygens (including phenoxy) is 3. The van der Waals surface area contributed by atoms with Gasteiger partial charge >= 0.3 is 0 Å². The first-order valence-electron chi connectivity index (χ1n) is 12.1. The Bertz CT molecular complexity index is 917. The van der Waals surface area contributed by atoms with Crippen LogP contribution in [0.5, 0.6) is 5.75 Å². The predicted molar refractivity (Wildman–Crippen MR) is 130 cm³/mol. The molecule has 7 heteroatoms. The zero-order valence-corrected chi connectivity index (χ0v) is 19.8. The zero-order chi connectivity index (χ0) is 23.6. The normalized spacial score (nSPS) is 20.2. The standard InChI is InChI=1S/C27H35N3O4/c1-2-13-33-26-9-4-3-7-23(26)17-29-18-25(34-21-24-8-5-6-12-28-24)19-30(27(31)20-29)16-22-10-14-32-15-11-22/h2-9,12,22,25H,1,10-11,13-21H2. The van der Waals surface area contributed by atoms with Crippen LogP contribution < -0.4 is 4.74 Å². The molecule has 3 heterocycles. The number of hydrogen-bond acceptors (Lipinski definition) is 6. The van der Waals surface area contributed by atoms with Gasteiger partial charge in [-0.15, -0.1) is 0 Å². The Morgan fingerprint density at radius 3 is 2.74 bits per heavy atom. The van der Waals surface area contributed by atoms with Crippen molar-refractivity contribution in [1.29, 1.82) is 0 Å². The summed E-state index contributed by atoms with van der Waals surface area (Å²) in [7, 11) is 0. The van der Waals surface area contributed by atoms with E-state index in [2.05, 4.69) is 22.5 Å². The van der Waals surface area contributed by atoms with Crippen LogP contribution in [0.4, 0.5) is 0 Å². The molecule has 0 radical (unpaired) electrons. The predicted octanol–water partition coefficient (Wildman–Crippen LogP) is 3.30. The topological polar surface area (TPSA) is 64.1 Å². The highest BCUT2D eigenvalue weighted by molar-refractivity contribution is 5.78. The molecule has 1 unspecified atom stereocenters. The first kappa shape index (κ1) is 24.4. The van der Waals surface area contributed by atoms with Gasteiger partial charge < -0.3 is 19.1 Å². The molecule has 0 N–H and O–H groups in total. The van der Waals surface area contributed by atoms with Gasteiger partial charge in [0.05, 0.1) is 24.9 Å². The van der Waals surface area contributed by atoms with E-state index in [4.69, 9.17) is 14.2 Å². The molecular weight excluding hydrogens is 430 g/mol. The molecule has 4 rings (SSSR count). The molecule has 1 aromatic carbocycles. The molecule has 0 bridgehead atoms. The van der Waals surface area contributed by atoms with Gasteiger partial charge in [0.15, 0.2) is 0 Å². The SMILES string of the molecule is C=CCOc1ccccc1CN1CC(=O)N(CC2CCOCC2)CC(OCc2ccccn2)C1. The lowest BCUT2D eigenvalue weighted by atomic mass is 9.99. The highest BCUT2D eigenvalue weighted by Gasteiger charge is 2.30. The molecule has 1 aromatic heterocycles. The van der Waals surface area contributed by atoms with E-state index in [-0.39, 0.29) is 12.0 Å². The van der Waals surface area contributed by atoms with Gasteiger partial charge in [0.2, 0.25) is 5.91 Å². The molecule has 1 atom stereocenters. The second kappa shape index (κ2) is 12.6. The summed E-state index contributed by atoms with van der Waals surface area (Å²) >= 11 is 0. The minimum atomic E-state index is -0.102. The van der Waals surface area contributed by atoms with Gasteiger partial charge in [-0.05, 0) is 37.0 Å². The fraction of sp³-hybridized carbons (Fsp3) is 0.481. The van der Waals surface area contributed by atoms with Crippen molar-refractivity contribution in [3.63, 3.8) is 0 Å². The summed E-state index contributed by atoms with van der Waals surface area (Å²) in [5.74, 6) is 1.46. The fourth-order valence-corrected chi connectivity index (χ4v) is 4.54. The number of amides is 1. The summed E-state index contributed by atoms with van der Waals surface area (Å²) < 4.78 is 17.7. The van der Waals surface area contributed by atoms with E-state index in [1.807, 2.05) is 41.3 Å². The highest BCUT2D eigenvalue weighted by Crippen LogP contribution is 2.23. The molecular formula is C27H35N3O4. The van der Waals surface area contributed by atoms with E-state index in [1.165, 1.54) is 0 Å². The van der Waals surface area contributed by atoms with Gasteiger partial charge in [-0.2, -0.15) is 0 Å². The number of hydrogen-bond donors (Lipinski definition) is 0. The van der Waals surface area contributed by atoms with E-state index in [0.717, 1.165) is 49.6 Å². The van der Waals surface area contributed by atoms with Crippen molar-refractivity contribution in [3.05, 3.63) is 72.6 Å². The number of pyridine rings is 1. The Morgan fingerprint density at radius 2 is 1.94 bits per heavy atom. The molecule has 2 fully saturated rings. The van der Waals surface area contributed by atoms with Crippen LogP contribution in [0.25, 0.3) is 0 Å². The monoisotopic (exact) mass is 465 g/mol. The molecule has 2 aliphatic rings. The lowest BCUT2D eigenvalue weighted by Gasteiger charge is -2.30. The fourth-order valence-electron chi connectivity index (χ4n) is 4.54. The quantitative estimate of drug-likeness (QED) is 0.502. The van der Waals surface area contributed by atoms with Crippen LogP contribution in [0, 0.1) is 5.92 Å². The third-order valence-corrected chi connectivity index (χ3v) is 6.33. The maximum Gasteiger partial charge on any atom is 0.236 e. The van der Waals surface area contributed by atoms with Gasteiger partial charge in [0.25, 0.3) is 0 Å². The number of carbonyl (C=O) groups excluding carboxylic acids is 1. The zero-order valence-electron chi connectivity index (χ0n) is 19.8. The van der Waals surface area contributed by atoms with Crippen molar-refractivity contribution in [3.8, 4) is 5.75 Å². The second-order valence-electron chi connectivity index (χ2n) is 8.99. The molecule has 0 aliphatic carbocycles. The third-order valence-electron chi connectivity index (χ3n) is 6.33. The van der Waals surface area contributed by atoms with Crippen LogP contribution in [0.3, 0.4) is 0 Å². The maximum atomic E-state index is 13.3. The van der Waals surface area contributed by atoms with Crippen molar-refractivity contribution in [2.24, 2.45) is 5.92 Å². The summed E-state index contributed by atoms with van der Waals surface area (Å²) in [6, 6.07) is 13.8. The molecule has 1 amide bonds. The maximum absolute atomic E-state index is 13.3. The van der Waals surface area contributed by atoms with E-state index in [1.54, 1.807) is 12.3 Å². The minimum absolute atomic E-state index is 0.102. The number of carbonyl (C=O) groups is 1. The van der Waals surface area contributed by atoms with E-state index < -0.39 is 0 Å². The van der Waals surface area contributed by atoms with Crippen LogP contribution in [0.15, 0.2) is 61.3 Å². The number of benzene rings is 1. The van der Waals surface area contributed by atoms with Gasteiger partial charge in [-0.25, -0.2) is 0 Å². The van der Waals surface area contributed by atoms with Gasteiger partial charge in [0.1, 0.15) is 12.4 Å². The first-order valence-corrected chi connectivity index (χ1v) is 12.1. The number of aromatic nitrogens is 1. The average Bonchev–Trinajstić information content (AvgIpc) is 3.01. The van der Waals surface area contributed by atoms with Crippen molar-refractivity contribution < 1.29 is 19.0 Å². The Balaban J connectivity index is 1.47. The minimum Gasteiger partial charge on any atom is -0.489 e. The van der Waals surface area contributed by atoms with Gasteiger partial charge in [-0.3, -0.25) is 14.7 Å². The van der Waals surface area contributed by atoms with Crippen LogP contribution >= 0.6 is 0 Å². The first-order chi connectivity index (χ1) is 16.7. The molecule has 182 valence electrons. The van der Waals surface area contributed by atoms with Crippen molar-refractivity contribution in [1.82, 2.24) is 14.8 Å². The second-order valence-corrected chi connectivity index (χ2v) is 8.99. The van der Waals surface area contributed by atoms with Crippen molar-refractivity contribution >= 4 is 5.91 Å². The molecule has 0 saturated carbocycles. The summed E-state index contributed by atoms with van der Waals surface area (Å²) in [5, 5.41) is 0. The summed E-state index contributed by atoms with van der Waals surface area (Å²) in [5.41, 5.74) is 1.95. The van der Waals surface area contributed by atoms with Gasteiger partial charge in [-0.1, -0.05) is 36.9 Å². The van der Waals surface area contributed by atoms with Crippen LogP contribution in [-0.4, -0.2) is 72.8 Å². The van der Waals surface area contributed by atoms with Crippen LogP contribution in [0.1, 0.15) is 24.1 Å². The third kappa shape index (κ3) is 7.13. The molecule has 2 aliphatic heterocycles. The molecule has 2 aromatic rings. The van der Waals surface area contributed by atoms with Crippen LogP contribution in [-0.2, 0) is 27.4 Å². The summed E-state index contributed by atoms with van der Waals surface area (Å²) in [6.45, 7) is 9.17. The highest BCUT2D eigenvalue weighted by atomic mass is 16.5. The Labute approximate surface area is 202 Å². The number of para-hydroxylation sites is 1. The Hall–Kier alpha value is -2.74. The van der Waals surface area contributed by atoms with Crippen molar-refractivity contribution in [2.45, 2.75) is 32.1 Å². The molecule has 0 spiro atoms. The summed E-state index contributed by atoms with van der Waals surface area (Å²) in [6.07, 6.45) is 5.41. The van der Waals surface area contributed by atoms with Crippen LogP contribution in [0.2, 0.25) is 0 Å². The van der Waals surface area contributed by atoms with E-state index >= 15 is 0 Å². The van der Waals surface area contributed by atoms with E-state index in [0.29, 0.717) is 45.3 Å². The smallest absolute Gasteiger partial charge is 0.236 e. The molecule has 2 saturated heterocycles. The molecule has 34 heavy (non-hydrogen) atoms. The van der Waals surface area contributed by atoms with Gasteiger partial charge in [0, 0.05) is 51.2 Å². The lowest BCUT2D eigenvalue weighted by Crippen LogP contribution is -2.42. The molecule has 7 nitrogen and oxygen atoms in total. The number of nitrogens with zero attached hydrogens (tertiary/aromatic N) is 3. The Kier molecular flexibility index (Phi) is 9.07. The van der Waals surface area contributed by atoms with Crippen molar-refractivity contribution in [2.75, 3.05) is 46.0 Å². The largest absolute Gasteiger partial charge is 0.489 e.